The molecule has 26 heavy (non-hydrogen) atoms. The Labute approximate surface area is 155 Å². The van der Waals surface area contributed by atoms with Crippen LogP contribution in [0.2, 0.25) is 0 Å². The van der Waals surface area contributed by atoms with Crippen LogP contribution in [0, 0.1) is 0 Å². The zero-order valence-corrected chi connectivity index (χ0v) is 14.7. The third kappa shape index (κ3) is 3.34. The van der Waals surface area contributed by atoms with Crippen LogP contribution in [-0.2, 0) is 11.4 Å². The summed E-state index contributed by atoms with van der Waals surface area (Å²) >= 11 is 1.18. The number of thioether (sulfide) groups is 1. The van der Waals surface area contributed by atoms with Crippen LogP contribution < -0.4 is 10.5 Å². The van der Waals surface area contributed by atoms with E-state index in [9.17, 15) is 4.79 Å². The lowest BCUT2D eigenvalue weighted by Crippen LogP contribution is -2.01. The first-order chi connectivity index (χ1) is 12.7. The van der Waals surface area contributed by atoms with Crippen molar-refractivity contribution in [2.45, 2.75) is 6.61 Å². The van der Waals surface area contributed by atoms with E-state index in [0.717, 1.165) is 11.1 Å². The normalized spacial score (nSPS) is 15.5. The van der Waals surface area contributed by atoms with E-state index in [4.69, 9.17) is 10.5 Å². The van der Waals surface area contributed by atoms with Crippen LogP contribution in [0.15, 0.2) is 76.6 Å². The number of amides is 1. The van der Waals surface area contributed by atoms with Crippen LogP contribution in [-0.4, -0.2) is 11.1 Å². The minimum atomic E-state index is -0.309. The number of nitrogens with zero attached hydrogens (tertiary/aromatic N) is 1. The van der Waals surface area contributed by atoms with Gasteiger partial charge in [0.25, 0.3) is 5.91 Å². The summed E-state index contributed by atoms with van der Waals surface area (Å²) in [7, 11) is 0. The smallest absolute Gasteiger partial charge is 0.286 e. The second-order valence-corrected chi connectivity index (χ2v) is 6.89. The number of fused-ring (bicyclic) bond motifs is 1. The lowest BCUT2D eigenvalue weighted by molar-refractivity contribution is -0.113. The Balaban J connectivity index is 1.60. The van der Waals surface area contributed by atoms with E-state index in [1.54, 1.807) is 6.08 Å². The molecular formula is C21H16N2O2S. The van der Waals surface area contributed by atoms with Crippen molar-refractivity contribution in [3.8, 4) is 5.75 Å². The average molecular weight is 360 g/mol. The number of ether oxygens (including phenoxy) is 1. The second kappa shape index (κ2) is 7.06. The maximum Gasteiger partial charge on any atom is 0.286 e. The van der Waals surface area contributed by atoms with Gasteiger partial charge in [0.05, 0.1) is 4.91 Å². The van der Waals surface area contributed by atoms with E-state index in [2.05, 4.69) is 29.3 Å². The third-order valence-electron chi connectivity index (χ3n) is 4.11. The fourth-order valence-electron chi connectivity index (χ4n) is 2.87. The van der Waals surface area contributed by atoms with Gasteiger partial charge in [-0.3, -0.25) is 4.79 Å². The molecule has 4 rings (SSSR count). The topological polar surface area (TPSA) is 64.7 Å². The average Bonchev–Trinajstić information content (AvgIpc) is 2.98. The number of amidine groups is 1. The summed E-state index contributed by atoms with van der Waals surface area (Å²) in [6.07, 6.45) is 1.77. The maximum absolute atomic E-state index is 11.8. The highest BCUT2D eigenvalue weighted by molar-refractivity contribution is 8.18. The highest BCUT2D eigenvalue weighted by Crippen LogP contribution is 2.30. The standard InChI is InChI=1S/C21H16N2O2S/c22-21-23-20(24)19(26-21)12-15-7-2-4-11-18(15)25-13-16-9-5-8-14-6-1-3-10-17(14)16/h1-12H,13H2,(H2,22,23,24). The first-order valence-electron chi connectivity index (χ1n) is 8.17. The van der Waals surface area contributed by atoms with Crippen LogP contribution in [0.4, 0.5) is 0 Å². The SMILES string of the molecule is NC1=NC(=O)C(=Cc2ccccc2OCc2cccc3ccccc23)S1. The van der Waals surface area contributed by atoms with Crippen LogP contribution in [0.3, 0.4) is 0 Å². The Kier molecular flexibility index (Phi) is 4.46. The van der Waals surface area contributed by atoms with E-state index in [0.29, 0.717) is 17.3 Å². The summed E-state index contributed by atoms with van der Waals surface area (Å²) in [4.78, 5) is 16.1. The summed E-state index contributed by atoms with van der Waals surface area (Å²) in [5.74, 6) is 0.406. The lowest BCUT2D eigenvalue weighted by Gasteiger charge is -2.11. The Morgan fingerprint density at radius 1 is 1.00 bits per heavy atom. The van der Waals surface area contributed by atoms with E-state index < -0.39 is 0 Å². The van der Waals surface area contributed by atoms with Crippen molar-refractivity contribution in [2.24, 2.45) is 10.7 Å². The largest absolute Gasteiger partial charge is 0.488 e. The van der Waals surface area contributed by atoms with Crippen molar-refractivity contribution in [1.29, 1.82) is 0 Å². The van der Waals surface area contributed by atoms with Gasteiger partial charge in [0, 0.05) is 5.56 Å². The fraction of sp³-hybridized carbons (Fsp3) is 0.0476. The molecule has 2 N–H and O–H groups in total. The van der Waals surface area contributed by atoms with Gasteiger partial charge in [-0.25, -0.2) is 0 Å². The molecule has 0 fully saturated rings. The van der Waals surface area contributed by atoms with Gasteiger partial charge in [-0.2, -0.15) is 4.99 Å². The fourth-order valence-corrected chi connectivity index (χ4v) is 3.54. The molecule has 1 aliphatic rings. The van der Waals surface area contributed by atoms with Crippen molar-refractivity contribution in [3.05, 3.63) is 82.8 Å². The van der Waals surface area contributed by atoms with Crippen molar-refractivity contribution >= 4 is 39.7 Å². The maximum atomic E-state index is 11.8. The molecular weight excluding hydrogens is 344 g/mol. The van der Waals surface area contributed by atoms with E-state index in [1.807, 2.05) is 42.5 Å². The molecule has 3 aromatic rings. The van der Waals surface area contributed by atoms with Gasteiger partial charge in [0.15, 0.2) is 5.17 Å². The van der Waals surface area contributed by atoms with E-state index in [1.165, 1.54) is 22.5 Å². The van der Waals surface area contributed by atoms with Gasteiger partial charge in [0.2, 0.25) is 0 Å². The molecule has 0 spiro atoms. The van der Waals surface area contributed by atoms with Gasteiger partial charge in [-0.05, 0) is 40.2 Å². The molecule has 0 radical (unpaired) electrons. The number of benzene rings is 3. The van der Waals surface area contributed by atoms with Gasteiger partial charge in [0.1, 0.15) is 12.4 Å². The number of carbonyl (C=O) groups excluding carboxylic acids is 1. The minimum absolute atomic E-state index is 0.274. The van der Waals surface area contributed by atoms with E-state index >= 15 is 0 Å². The molecule has 3 aromatic carbocycles. The van der Waals surface area contributed by atoms with Crippen molar-refractivity contribution < 1.29 is 9.53 Å². The number of nitrogens with two attached hydrogens (primary N) is 1. The number of carbonyl (C=O) groups is 1. The van der Waals surface area contributed by atoms with Crippen LogP contribution in [0.25, 0.3) is 16.8 Å². The Morgan fingerprint density at radius 3 is 2.62 bits per heavy atom. The van der Waals surface area contributed by atoms with Gasteiger partial charge in [-0.15, -0.1) is 0 Å². The molecule has 1 amide bonds. The number of para-hydroxylation sites is 1. The van der Waals surface area contributed by atoms with Gasteiger partial charge >= 0.3 is 0 Å². The summed E-state index contributed by atoms with van der Waals surface area (Å²) in [6, 6.07) is 22.0. The predicted octanol–water partition coefficient (Wildman–Crippen LogP) is 4.35. The molecule has 0 unspecified atom stereocenters. The molecule has 128 valence electrons. The highest BCUT2D eigenvalue weighted by Gasteiger charge is 2.20. The van der Waals surface area contributed by atoms with Crippen LogP contribution in [0.1, 0.15) is 11.1 Å². The monoisotopic (exact) mass is 360 g/mol. The Bertz CT molecular complexity index is 1050. The van der Waals surface area contributed by atoms with E-state index in [-0.39, 0.29) is 11.1 Å². The molecule has 4 nitrogen and oxygen atoms in total. The zero-order chi connectivity index (χ0) is 17.9. The Hall–Kier alpha value is -3.05. The summed E-state index contributed by atoms with van der Waals surface area (Å²) in [5.41, 5.74) is 7.56. The summed E-state index contributed by atoms with van der Waals surface area (Å²) in [5, 5.41) is 2.63. The molecule has 0 aliphatic carbocycles. The van der Waals surface area contributed by atoms with Crippen molar-refractivity contribution in [2.75, 3.05) is 0 Å². The minimum Gasteiger partial charge on any atom is -0.488 e. The first-order valence-corrected chi connectivity index (χ1v) is 8.99. The highest BCUT2D eigenvalue weighted by atomic mass is 32.2. The number of hydrogen-bond acceptors (Lipinski definition) is 4. The molecule has 0 bridgehead atoms. The van der Waals surface area contributed by atoms with Crippen molar-refractivity contribution in [1.82, 2.24) is 0 Å². The predicted molar refractivity (Wildman–Crippen MR) is 107 cm³/mol. The number of aliphatic imine (C=N–C) groups is 1. The zero-order valence-electron chi connectivity index (χ0n) is 13.9. The molecule has 1 aliphatic heterocycles. The summed E-state index contributed by atoms with van der Waals surface area (Å²) < 4.78 is 6.07. The molecule has 0 aromatic heterocycles. The molecule has 0 saturated carbocycles. The number of rotatable bonds is 4. The van der Waals surface area contributed by atoms with Gasteiger partial charge in [-0.1, -0.05) is 60.7 Å². The second-order valence-electron chi connectivity index (χ2n) is 5.83. The third-order valence-corrected chi connectivity index (χ3v) is 4.92. The lowest BCUT2D eigenvalue weighted by atomic mass is 10.1. The van der Waals surface area contributed by atoms with Crippen molar-refractivity contribution in [3.63, 3.8) is 0 Å². The van der Waals surface area contributed by atoms with Crippen LogP contribution >= 0.6 is 11.8 Å². The molecule has 1 heterocycles. The molecule has 5 heteroatoms. The summed E-state index contributed by atoms with van der Waals surface area (Å²) in [6.45, 7) is 0.446. The Morgan fingerprint density at radius 2 is 1.77 bits per heavy atom. The molecule has 0 saturated heterocycles. The first kappa shape index (κ1) is 16.4. The molecule has 0 atom stereocenters. The number of hydrogen-bond donors (Lipinski definition) is 1. The quantitative estimate of drug-likeness (QED) is 0.703. The van der Waals surface area contributed by atoms with Crippen LogP contribution in [0.5, 0.6) is 5.75 Å². The van der Waals surface area contributed by atoms with Gasteiger partial charge < -0.3 is 10.5 Å².